The number of amides is 1. The van der Waals surface area contributed by atoms with E-state index in [9.17, 15) is 18.8 Å². The lowest BCUT2D eigenvalue weighted by Gasteiger charge is -2.19. The number of ether oxygens (including phenoxy) is 2. The Balaban J connectivity index is 1.67. The average molecular weight is 434 g/mol. The van der Waals surface area contributed by atoms with Crippen molar-refractivity contribution in [2.24, 2.45) is 5.92 Å². The normalized spacial score (nSPS) is 17.0. The number of hydrogen-bond donors (Lipinski definition) is 0. The zero-order chi connectivity index (χ0) is 21.7. The van der Waals surface area contributed by atoms with Crippen molar-refractivity contribution < 1.29 is 28.2 Å². The highest BCUT2D eigenvalue weighted by atomic mass is 35.5. The van der Waals surface area contributed by atoms with Crippen LogP contribution in [-0.4, -0.2) is 43.3 Å². The average Bonchev–Trinajstić information content (AvgIpc) is 3.15. The summed E-state index contributed by atoms with van der Waals surface area (Å²) >= 11 is 5.77. The summed E-state index contributed by atoms with van der Waals surface area (Å²) in [7, 11) is 1.55. The first-order valence-corrected chi connectivity index (χ1v) is 9.97. The van der Waals surface area contributed by atoms with Gasteiger partial charge in [-0.25, -0.2) is 4.39 Å². The molecule has 0 N–H and O–H groups in total. The molecule has 1 fully saturated rings. The highest BCUT2D eigenvalue weighted by Crippen LogP contribution is 2.28. The molecule has 2 unspecified atom stereocenters. The van der Waals surface area contributed by atoms with Gasteiger partial charge < -0.3 is 14.4 Å². The lowest BCUT2D eigenvalue weighted by molar-refractivity contribution is -0.151. The van der Waals surface area contributed by atoms with Crippen LogP contribution in [-0.2, 0) is 14.3 Å². The maximum absolute atomic E-state index is 13.1. The molecule has 0 radical (unpaired) electrons. The summed E-state index contributed by atoms with van der Waals surface area (Å²) in [6.45, 7) is 0.155. The van der Waals surface area contributed by atoms with E-state index in [0.717, 1.165) is 12.1 Å². The Morgan fingerprint density at radius 1 is 1.17 bits per heavy atom. The topological polar surface area (TPSA) is 72.9 Å². The van der Waals surface area contributed by atoms with Gasteiger partial charge in [-0.05, 0) is 48.5 Å². The number of alkyl halides is 1. The fraction of sp³-hybridized carbons (Fsp3) is 0.318. The summed E-state index contributed by atoms with van der Waals surface area (Å²) in [6, 6.07) is 11.9. The highest BCUT2D eigenvalue weighted by molar-refractivity contribution is 6.18. The minimum Gasteiger partial charge on any atom is -0.497 e. The largest absolute Gasteiger partial charge is 0.497 e. The molecule has 2 aromatic rings. The number of methoxy groups -OCH3 is 1. The number of anilines is 1. The predicted molar refractivity (Wildman–Crippen MR) is 109 cm³/mol. The summed E-state index contributed by atoms with van der Waals surface area (Å²) < 4.78 is 23.6. The van der Waals surface area contributed by atoms with Crippen LogP contribution in [0.15, 0.2) is 48.5 Å². The molecular formula is C22H21ClFNO5. The Labute approximate surface area is 178 Å². The van der Waals surface area contributed by atoms with Gasteiger partial charge in [0.25, 0.3) is 0 Å². The van der Waals surface area contributed by atoms with Crippen LogP contribution in [0.5, 0.6) is 5.75 Å². The van der Waals surface area contributed by atoms with Crippen molar-refractivity contribution >= 4 is 34.9 Å². The first-order chi connectivity index (χ1) is 14.4. The van der Waals surface area contributed by atoms with Crippen molar-refractivity contribution in [3.8, 4) is 5.75 Å². The van der Waals surface area contributed by atoms with E-state index in [0.29, 0.717) is 11.4 Å². The van der Waals surface area contributed by atoms with Crippen LogP contribution < -0.4 is 9.64 Å². The van der Waals surface area contributed by atoms with E-state index < -0.39 is 29.6 Å². The number of nitrogens with zero attached hydrogens (tertiary/aromatic N) is 1. The number of ketones is 1. The van der Waals surface area contributed by atoms with Crippen molar-refractivity contribution in [1.82, 2.24) is 0 Å². The molecule has 2 aromatic carbocycles. The van der Waals surface area contributed by atoms with Crippen LogP contribution in [0, 0.1) is 11.7 Å². The van der Waals surface area contributed by atoms with Crippen LogP contribution in [0.2, 0.25) is 0 Å². The van der Waals surface area contributed by atoms with Gasteiger partial charge >= 0.3 is 5.97 Å². The van der Waals surface area contributed by atoms with E-state index in [2.05, 4.69) is 0 Å². The third-order valence-corrected chi connectivity index (χ3v) is 5.11. The lowest BCUT2D eigenvalue weighted by Crippen LogP contribution is -2.32. The lowest BCUT2D eigenvalue weighted by atomic mass is 10.0. The Bertz CT molecular complexity index is 916. The van der Waals surface area contributed by atoms with Gasteiger partial charge in [-0.2, -0.15) is 0 Å². The molecule has 1 aliphatic rings. The molecule has 1 amide bonds. The summed E-state index contributed by atoms with van der Waals surface area (Å²) in [5, 5.41) is 0. The molecule has 0 saturated carbocycles. The molecule has 158 valence electrons. The fourth-order valence-corrected chi connectivity index (χ4v) is 3.45. The summed E-state index contributed by atoms with van der Waals surface area (Å²) in [5.41, 5.74) is 0.873. The first kappa shape index (κ1) is 21.8. The summed E-state index contributed by atoms with van der Waals surface area (Å²) in [5.74, 6) is -1.71. The molecule has 0 spiro atoms. The van der Waals surface area contributed by atoms with Gasteiger partial charge in [-0.15, -0.1) is 11.6 Å². The van der Waals surface area contributed by atoms with E-state index in [1.165, 1.54) is 17.0 Å². The van der Waals surface area contributed by atoms with Crippen LogP contribution in [0.3, 0.4) is 0 Å². The Kier molecular flexibility index (Phi) is 7.05. The molecule has 1 saturated heterocycles. The predicted octanol–water partition coefficient (Wildman–Crippen LogP) is 3.61. The van der Waals surface area contributed by atoms with E-state index in [4.69, 9.17) is 21.1 Å². The molecule has 2 atom stereocenters. The zero-order valence-corrected chi connectivity index (χ0v) is 17.1. The van der Waals surface area contributed by atoms with Gasteiger partial charge in [-0.3, -0.25) is 14.4 Å². The Morgan fingerprint density at radius 3 is 2.43 bits per heavy atom. The number of Topliss-reactive ketones (excluding diaryl/α,β-unsaturated/α-hetero) is 1. The van der Waals surface area contributed by atoms with Gasteiger partial charge in [0.05, 0.1) is 13.0 Å². The molecule has 0 bridgehead atoms. The zero-order valence-electron chi connectivity index (χ0n) is 16.3. The van der Waals surface area contributed by atoms with Crippen molar-refractivity contribution in [3.05, 3.63) is 59.9 Å². The first-order valence-electron chi connectivity index (χ1n) is 9.43. The van der Waals surface area contributed by atoms with E-state index in [1.807, 2.05) is 0 Å². The molecule has 3 rings (SSSR count). The van der Waals surface area contributed by atoms with Crippen molar-refractivity contribution in [1.29, 1.82) is 0 Å². The quantitative estimate of drug-likeness (QED) is 0.361. The van der Waals surface area contributed by atoms with Crippen molar-refractivity contribution in [2.75, 3.05) is 24.4 Å². The molecule has 8 heteroatoms. The third kappa shape index (κ3) is 4.97. The standard InChI is InChI=1S/C22H21ClFNO5/c1-29-18-8-6-17(7-9-18)25-13-15(12-20(25)26)22(28)30-19(10-11-23)21(27)14-2-4-16(24)5-3-14/h2-9,15,19H,10-13H2,1H3. The Morgan fingerprint density at radius 2 is 1.83 bits per heavy atom. The van der Waals surface area contributed by atoms with E-state index in [-0.39, 0.29) is 36.7 Å². The number of esters is 1. The smallest absolute Gasteiger partial charge is 0.312 e. The number of carbonyl (C=O) groups excluding carboxylic acids is 3. The number of rotatable bonds is 8. The second-order valence-corrected chi connectivity index (χ2v) is 7.26. The SMILES string of the molecule is COc1ccc(N2CC(C(=O)OC(CCCl)C(=O)c3ccc(F)cc3)CC2=O)cc1. The van der Waals surface area contributed by atoms with Crippen molar-refractivity contribution in [3.63, 3.8) is 0 Å². The maximum Gasteiger partial charge on any atom is 0.312 e. The van der Waals surface area contributed by atoms with Crippen LogP contribution >= 0.6 is 11.6 Å². The summed E-state index contributed by atoms with van der Waals surface area (Å²) in [6.07, 6.45) is -0.985. The number of benzene rings is 2. The van der Waals surface area contributed by atoms with Gasteiger partial charge in [0.1, 0.15) is 11.6 Å². The molecule has 1 heterocycles. The number of carbonyl (C=O) groups is 3. The summed E-state index contributed by atoms with van der Waals surface area (Å²) in [4.78, 5) is 39.2. The van der Waals surface area contributed by atoms with Crippen LogP contribution in [0.1, 0.15) is 23.2 Å². The Hall–Kier alpha value is -2.93. The molecular weight excluding hydrogens is 413 g/mol. The molecule has 6 nitrogen and oxygen atoms in total. The van der Waals surface area contributed by atoms with Gasteiger partial charge in [0, 0.05) is 36.5 Å². The minimum atomic E-state index is -1.09. The van der Waals surface area contributed by atoms with Gasteiger partial charge in [-0.1, -0.05) is 0 Å². The fourth-order valence-electron chi connectivity index (χ4n) is 3.26. The van der Waals surface area contributed by atoms with E-state index in [1.54, 1.807) is 31.4 Å². The van der Waals surface area contributed by atoms with E-state index >= 15 is 0 Å². The maximum atomic E-state index is 13.1. The molecule has 1 aliphatic heterocycles. The van der Waals surface area contributed by atoms with Crippen LogP contribution in [0.25, 0.3) is 0 Å². The van der Waals surface area contributed by atoms with Gasteiger partial charge in [0.2, 0.25) is 11.7 Å². The second-order valence-electron chi connectivity index (χ2n) is 6.88. The second kappa shape index (κ2) is 9.71. The number of hydrogen-bond acceptors (Lipinski definition) is 5. The minimum absolute atomic E-state index is 0.0107. The monoisotopic (exact) mass is 433 g/mol. The van der Waals surface area contributed by atoms with Crippen molar-refractivity contribution in [2.45, 2.75) is 18.9 Å². The molecule has 0 aliphatic carbocycles. The van der Waals surface area contributed by atoms with Gasteiger partial charge in [0.15, 0.2) is 6.10 Å². The van der Waals surface area contributed by atoms with Crippen LogP contribution in [0.4, 0.5) is 10.1 Å². The molecule has 30 heavy (non-hydrogen) atoms. The molecule has 0 aromatic heterocycles. The highest BCUT2D eigenvalue weighted by Gasteiger charge is 2.38. The third-order valence-electron chi connectivity index (χ3n) is 4.89. The number of halogens is 2.